The number of fused-ring (bicyclic) bond motifs is 1. The summed E-state index contributed by atoms with van der Waals surface area (Å²) in [4.78, 5) is 30.6. The van der Waals surface area contributed by atoms with Crippen molar-refractivity contribution in [3.05, 3.63) is 20.8 Å². The number of rotatable bonds is 5. The van der Waals surface area contributed by atoms with Gasteiger partial charge in [-0.15, -0.1) is 0 Å². The van der Waals surface area contributed by atoms with Crippen molar-refractivity contribution in [1.82, 2.24) is 19.1 Å². The van der Waals surface area contributed by atoms with Gasteiger partial charge in [-0.1, -0.05) is 39.5 Å². The van der Waals surface area contributed by atoms with Crippen molar-refractivity contribution in [1.29, 1.82) is 0 Å². The lowest BCUT2D eigenvalue weighted by atomic mass is 10.1. The number of aromatic amines is 1. The summed E-state index contributed by atoms with van der Waals surface area (Å²) in [6, 6.07) is 0. The Morgan fingerprint density at radius 2 is 1.90 bits per heavy atom. The number of hydrogen-bond donors (Lipinski definition) is 1. The van der Waals surface area contributed by atoms with Gasteiger partial charge in [0.15, 0.2) is 16.3 Å². The van der Waals surface area contributed by atoms with E-state index in [4.69, 9.17) is 0 Å². The van der Waals surface area contributed by atoms with E-state index < -0.39 is 11.2 Å². The van der Waals surface area contributed by atoms with Crippen LogP contribution in [0.3, 0.4) is 0 Å². The van der Waals surface area contributed by atoms with Crippen LogP contribution in [0.2, 0.25) is 0 Å². The fraction of sp³-hybridized carbons (Fsp3) is 0.643. The molecule has 0 amide bonds. The van der Waals surface area contributed by atoms with Gasteiger partial charge in [0.05, 0.1) is 0 Å². The van der Waals surface area contributed by atoms with Crippen LogP contribution in [-0.4, -0.2) is 24.4 Å². The molecule has 0 bridgehead atoms. The van der Waals surface area contributed by atoms with E-state index in [1.807, 2.05) is 4.57 Å². The molecule has 0 unspecified atom stereocenters. The number of H-pyrrole nitrogens is 1. The zero-order chi connectivity index (χ0) is 15.7. The van der Waals surface area contributed by atoms with Gasteiger partial charge in [-0.3, -0.25) is 14.3 Å². The van der Waals surface area contributed by atoms with Crippen LogP contribution in [0.1, 0.15) is 34.1 Å². The maximum Gasteiger partial charge on any atom is 0.329 e. The molecule has 0 aliphatic carbocycles. The fourth-order valence-electron chi connectivity index (χ4n) is 2.14. The van der Waals surface area contributed by atoms with Gasteiger partial charge in [-0.25, -0.2) is 9.78 Å². The summed E-state index contributed by atoms with van der Waals surface area (Å²) >= 11 is 1.61. The Balaban J connectivity index is 2.68. The van der Waals surface area contributed by atoms with Crippen LogP contribution in [0.25, 0.3) is 11.2 Å². The number of hydrogen-bond acceptors (Lipinski definition) is 4. The highest BCUT2D eigenvalue weighted by molar-refractivity contribution is 7.99. The lowest BCUT2D eigenvalue weighted by molar-refractivity contribution is 0.498. The molecule has 0 aromatic carbocycles. The van der Waals surface area contributed by atoms with Crippen LogP contribution < -0.4 is 11.2 Å². The molecule has 0 radical (unpaired) electrons. The summed E-state index contributed by atoms with van der Waals surface area (Å²) in [5, 5.41) is 1.16. The molecular weight excluding hydrogens is 288 g/mol. The first kappa shape index (κ1) is 15.9. The lowest BCUT2D eigenvalue weighted by Gasteiger charge is -2.12. The molecule has 0 saturated heterocycles. The molecule has 0 fully saturated rings. The quantitative estimate of drug-likeness (QED) is 0.857. The third-order valence-corrected chi connectivity index (χ3v) is 4.23. The highest BCUT2D eigenvalue weighted by atomic mass is 32.2. The molecule has 7 heteroatoms. The van der Waals surface area contributed by atoms with Gasteiger partial charge in [0.1, 0.15) is 0 Å². The predicted molar refractivity (Wildman–Crippen MR) is 86.0 cm³/mol. The third-order valence-electron chi connectivity index (χ3n) is 3.23. The van der Waals surface area contributed by atoms with Crippen LogP contribution in [0.4, 0.5) is 0 Å². The number of nitrogens with one attached hydrogen (secondary N) is 1. The Hall–Kier alpha value is -1.50. The van der Waals surface area contributed by atoms with Crippen molar-refractivity contribution < 1.29 is 0 Å². The van der Waals surface area contributed by atoms with Gasteiger partial charge in [0.25, 0.3) is 5.56 Å². The van der Waals surface area contributed by atoms with E-state index in [1.54, 1.807) is 18.8 Å². The lowest BCUT2D eigenvalue weighted by Crippen LogP contribution is -2.29. The Bertz CT molecular complexity index is 755. The van der Waals surface area contributed by atoms with Gasteiger partial charge < -0.3 is 4.57 Å². The van der Waals surface area contributed by atoms with Gasteiger partial charge >= 0.3 is 5.69 Å². The van der Waals surface area contributed by atoms with Crippen molar-refractivity contribution in [3.63, 3.8) is 0 Å². The predicted octanol–water partition coefficient (Wildman–Crippen LogP) is 1.97. The Labute approximate surface area is 127 Å². The smallest absolute Gasteiger partial charge is 0.305 e. The van der Waals surface area contributed by atoms with Crippen molar-refractivity contribution in [2.45, 2.75) is 51.1 Å². The molecule has 21 heavy (non-hydrogen) atoms. The van der Waals surface area contributed by atoms with E-state index in [-0.39, 0.29) is 0 Å². The fourth-order valence-corrected chi connectivity index (χ4v) is 3.01. The molecular formula is C14H22N4O2S. The number of aromatic nitrogens is 4. The minimum absolute atomic E-state index is 0.337. The Morgan fingerprint density at radius 3 is 2.48 bits per heavy atom. The first-order chi connectivity index (χ1) is 9.81. The molecule has 2 rings (SSSR count). The summed E-state index contributed by atoms with van der Waals surface area (Å²) < 4.78 is 3.46. The summed E-state index contributed by atoms with van der Waals surface area (Å²) in [6.07, 6.45) is 0.970. The van der Waals surface area contributed by atoms with Crippen LogP contribution in [-0.2, 0) is 13.6 Å². The molecule has 2 heterocycles. The Kier molecular flexibility index (Phi) is 4.61. The van der Waals surface area contributed by atoms with Gasteiger partial charge in [0, 0.05) is 18.8 Å². The first-order valence-corrected chi connectivity index (χ1v) is 8.05. The highest BCUT2D eigenvalue weighted by Crippen LogP contribution is 2.25. The van der Waals surface area contributed by atoms with Crippen LogP contribution in [0, 0.1) is 5.92 Å². The van der Waals surface area contributed by atoms with E-state index >= 15 is 0 Å². The molecule has 0 atom stereocenters. The van der Waals surface area contributed by atoms with Gasteiger partial charge in [-0.05, 0) is 12.3 Å². The standard InChI is InChI=1S/C14H22N4O2S/c1-8(2)6-7-18-12-10(15-14(18)21-9(3)4)11(19)16-13(20)17(12)5/h8-9H,6-7H2,1-5H3,(H,16,19,20). The van der Waals surface area contributed by atoms with Crippen molar-refractivity contribution in [3.8, 4) is 0 Å². The monoisotopic (exact) mass is 310 g/mol. The second-order valence-electron chi connectivity index (χ2n) is 5.89. The maximum absolute atomic E-state index is 12.0. The van der Waals surface area contributed by atoms with Gasteiger partial charge in [-0.2, -0.15) is 0 Å². The van der Waals surface area contributed by atoms with Gasteiger partial charge in [0.2, 0.25) is 0 Å². The van der Waals surface area contributed by atoms with E-state index in [0.717, 1.165) is 18.1 Å². The normalized spacial score (nSPS) is 12.0. The van der Waals surface area contributed by atoms with Crippen molar-refractivity contribution >= 4 is 22.9 Å². The second kappa shape index (κ2) is 6.09. The number of imidazole rings is 1. The Morgan fingerprint density at radius 1 is 1.24 bits per heavy atom. The molecule has 0 aliphatic rings. The number of nitrogens with zero attached hydrogens (tertiary/aromatic N) is 3. The highest BCUT2D eigenvalue weighted by Gasteiger charge is 2.18. The molecule has 0 aliphatic heterocycles. The largest absolute Gasteiger partial charge is 0.329 e. The summed E-state index contributed by atoms with van der Waals surface area (Å²) in [5.41, 5.74) is 0.123. The molecule has 2 aromatic heterocycles. The van der Waals surface area contributed by atoms with E-state index in [0.29, 0.717) is 22.3 Å². The topological polar surface area (TPSA) is 72.7 Å². The van der Waals surface area contributed by atoms with E-state index in [1.165, 1.54) is 4.57 Å². The average Bonchev–Trinajstić information content (AvgIpc) is 2.72. The van der Waals surface area contributed by atoms with Crippen molar-refractivity contribution in [2.75, 3.05) is 0 Å². The SMILES string of the molecule is CC(C)CCn1c(SC(C)C)nc2c(=O)[nH]c(=O)n(C)c21. The maximum atomic E-state index is 12.0. The first-order valence-electron chi connectivity index (χ1n) is 7.17. The molecule has 116 valence electrons. The average molecular weight is 310 g/mol. The van der Waals surface area contributed by atoms with E-state index in [2.05, 4.69) is 37.7 Å². The second-order valence-corrected chi connectivity index (χ2v) is 7.43. The van der Waals surface area contributed by atoms with E-state index in [9.17, 15) is 9.59 Å². The van der Waals surface area contributed by atoms with Crippen molar-refractivity contribution in [2.24, 2.45) is 13.0 Å². The number of thioether (sulfide) groups is 1. The molecule has 2 aromatic rings. The van der Waals surface area contributed by atoms with Crippen LogP contribution >= 0.6 is 11.8 Å². The summed E-state index contributed by atoms with van der Waals surface area (Å²) in [5.74, 6) is 0.540. The minimum atomic E-state index is -0.415. The number of aryl methyl sites for hydroxylation is 2. The van der Waals surface area contributed by atoms with Crippen LogP contribution in [0.15, 0.2) is 14.7 Å². The molecule has 0 saturated carbocycles. The summed E-state index contributed by atoms with van der Waals surface area (Å²) in [7, 11) is 1.66. The third kappa shape index (κ3) is 3.23. The summed E-state index contributed by atoms with van der Waals surface area (Å²) in [6.45, 7) is 9.22. The zero-order valence-corrected chi connectivity index (χ0v) is 14.0. The molecule has 1 N–H and O–H groups in total. The zero-order valence-electron chi connectivity index (χ0n) is 13.1. The molecule has 0 spiro atoms. The minimum Gasteiger partial charge on any atom is -0.305 e. The van der Waals surface area contributed by atoms with Crippen LogP contribution in [0.5, 0.6) is 0 Å². The molecule has 6 nitrogen and oxygen atoms in total.